The fourth-order valence-electron chi connectivity index (χ4n) is 3.43. The van der Waals surface area contributed by atoms with E-state index < -0.39 is 16.1 Å². The van der Waals surface area contributed by atoms with Crippen LogP contribution in [0.4, 0.5) is 5.69 Å². The first-order valence-electron chi connectivity index (χ1n) is 10.2. The Bertz CT molecular complexity index is 989. The molecule has 162 valence electrons. The summed E-state index contributed by atoms with van der Waals surface area (Å²) in [5.41, 5.74) is 1.49. The summed E-state index contributed by atoms with van der Waals surface area (Å²) in [6.07, 6.45) is 1.36. The van der Waals surface area contributed by atoms with Crippen LogP contribution < -0.4 is 19.1 Å². The topological polar surface area (TPSA) is 84.9 Å². The molecule has 0 aromatic heterocycles. The van der Waals surface area contributed by atoms with Crippen molar-refractivity contribution in [1.29, 1.82) is 0 Å². The number of nitrogens with zero attached hydrogens (tertiary/aromatic N) is 1. The Morgan fingerprint density at radius 3 is 2.30 bits per heavy atom. The highest BCUT2D eigenvalue weighted by atomic mass is 32.2. The third-order valence-corrected chi connectivity index (χ3v) is 6.49. The normalized spacial score (nSPS) is 15.3. The highest BCUT2D eigenvalue weighted by Gasteiger charge is 2.23. The molecule has 1 aliphatic rings. The van der Waals surface area contributed by atoms with Gasteiger partial charge in [0.25, 0.3) is 0 Å². The van der Waals surface area contributed by atoms with Crippen LogP contribution in [0.5, 0.6) is 11.5 Å². The van der Waals surface area contributed by atoms with E-state index in [2.05, 4.69) is 4.72 Å². The van der Waals surface area contributed by atoms with Gasteiger partial charge in [0.05, 0.1) is 18.1 Å². The van der Waals surface area contributed by atoms with E-state index in [1.54, 1.807) is 36.1 Å². The number of amides is 1. The van der Waals surface area contributed by atoms with Gasteiger partial charge >= 0.3 is 0 Å². The Labute approximate surface area is 178 Å². The molecule has 7 nitrogen and oxygen atoms in total. The van der Waals surface area contributed by atoms with Crippen LogP contribution >= 0.6 is 0 Å². The smallest absolute Gasteiger partial charge is 0.241 e. The predicted molar refractivity (Wildman–Crippen MR) is 116 cm³/mol. The van der Waals surface area contributed by atoms with E-state index in [4.69, 9.17) is 9.47 Å². The molecule has 1 amide bonds. The second kappa shape index (κ2) is 9.49. The van der Waals surface area contributed by atoms with Gasteiger partial charge in [-0.3, -0.25) is 4.79 Å². The molecular weight excluding hydrogens is 404 g/mol. The molecule has 0 aliphatic carbocycles. The number of hydrogen-bond donors (Lipinski definition) is 1. The highest BCUT2D eigenvalue weighted by molar-refractivity contribution is 7.89. The first-order chi connectivity index (χ1) is 14.4. The standard InChI is InChI=1S/C22H28N2O5S/c1-4-28-20-13-8-17(15-21(20)29-5-2)16(3)23-30(26,27)19-11-9-18(10-12-19)24-14-6-7-22(24)25/h8-13,15-16,23H,4-7,14H2,1-3H3/t16-/m1/s1. The zero-order valence-corrected chi connectivity index (χ0v) is 18.4. The van der Waals surface area contributed by atoms with Crippen LogP contribution in [0.3, 0.4) is 0 Å². The minimum atomic E-state index is -3.73. The van der Waals surface area contributed by atoms with Gasteiger partial charge in [0.1, 0.15) is 0 Å². The zero-order valence-electron chi connectivity index (χ0n) is 17.6. The van der Waals surface area contributed by atoms with Crippen LogP contribution in [0.25, 0.3) is 0 Å². The minimum absolute atomic E-state index is 0.0676. The molecule has 1 fully saturated rings. The Balaban J connectivity index is 1.76. The summed E-state index contributed by atoms with van der Waals surface area (Å²) in [5.74, 6) is 1.28. The van der Waals surface area contributed by atoms with Crippen molar-refractivity contribution in [2.45, 2.75) is 44.6 Å². The van der Waals surface area contributed by atoms with Crippen molar-refractivity contribution in [3.63, 3.8) is 0 Å². The van der Waals surface area contributed by atoms with E-state index in [0.717, 1.165) is 17.7 Å². The van der Waals surface area contributed by atoms with Crippen LogP contribution in [-0.2, 0) is 14.8 Å². The molecule has 8 heteroatoms. The monoisotopic (exact) mass is 432 g/mol. The number of sulfonamides is 1. The first-order valence-corrected chi connectivity index (χ1v) is 11.7. The van der Waals surface area contributed by atoms with Gasteiger partial charge in [-0.2, -0.15) is 0 Å². The summed E-state index contributed by atoms with van der Waals surface area (Å²) in [6, 6.07) is 11.3. The van der Waals surface area contributed by atoms with E-state index >= 15 is 0 Å². The summed E-state index contributed by atoms with van der Waals surface area (Å²) >= 11 is 0. The number of nitrogens with one attached hydrogen (secondary N) is 1. The summed E-state index contributed by atoms with van der Waals surface area (Å²) in [4.78, 5) is 13.7. The molecule has 30 heavy (non-hydrogen) atoms. The van der Waals surface area contributed by atoms with E-state index in [1.165, 1.54) is 12.1 Å². The van der Waals surface area contributed by atoms with E-state index in [0.29, 0.717) is 37.7 Å². The van der Waals surface area contributed by atoms with Crippen LogP contribution in [0.2, 0.25) is 0 Å². The minimum Gasteiger partial charge on any atom is -0.490 e. The van der Waals surface area contributed by atoms with Crippen molar-refractivity contribution >= 4 is 21.6 Å². The lowest BCUT2D eigenvalue weighted by molar-refractivity contribution is -0.117. The molecule has 0 radical (unpaired) electrons. The van der Waals surface area contributed by atoms with E-state index in [-0.39, 0.29) is 10.8 Å². The summed E-state index contributed by atoms with van der Waals surface area (Å²) in [6.45, 7) is 7.22. The second-order valence-corrected chi connectivity index (χ2v) is 8.77. The van der Waals surface area contributed by atoms with Gasteiger partial charge in [-0.15, -0.1) is 0 Å². The van der Waals surface area contributed by atoms with Crippen molar-refractivity contribution in [2.24, 2.45) is 0 Å². The molecule has 1 heterocycles. The average Bonchev–Trinajstić information content (AvgIpc) is 3.15. The Kier molecular flexibility index (Phi) is 6.99. The SMILES string of the molecule is CCOc1ccc([C@@H](C)NS(=O)(=O)c2ccc(N3CCCC3=O)cc2)cc1OCC. The lowest BCUT2D eigenvalue weighted by Gasteiger charge is -2.19. The lowest BCUT2D eigenvalue weighted by Crippen LogP contribution is -2.27. The third kappa shape index (κ3) is 4.94. The molecular formula is C22H28N2O5S. The Morgan fingerprint density at radius 1 is 1.03 bits per heavy atom. The second-order valence-electron chi connectivity index (χ2n) is 7.06. The predicted octanol–water partition coefficient (Wildman–Crippen LogP) is 3.65. The molecule has 1 aliphatic heterocycles. The van der Waals surface area contributed by atoms with Gasteiger partial charge in [-0.1, -0.05) is 6.07 Å². The molecule has 1 saturated heterocycles. The molecule has 2 aromatic rings. The zero-order chi connectivity index (χ0) is 21.7. The van der Waals surface area contributed by atoms with Crippen molar-refractivity contribution in [2.75, 3.05) is 24.7 Å². The van der Waals surface area contributed by atoms with Gasteiger partial charge in [0.2, 0.25) is 15.9 Å². The number of hydrogen-bond acceptors (Lipinski definition) is 5. The molecule has 0 unspecified atom stereocenters. The number of benzene rings is 2. The molecule has 0 spiro atoms. The maximum absolute atomic E-state index is 12.8. The number of anilines is 1. The Morgan fingerprint density at radius 2 is 1.70 bits per heavy atom. The van der Waals surface area contributed by atoms with Crippen LogP contribution in [0, 0.1) is 0 Å². The molecule has 0 bridgehead atoms. The fraction of sp³-hybridized carbons (Fsp3) is 0.409. The van der Waals surface area contributed by atoms with Gasteiger partial charge in [0, 0.05) is 24.7 Å². The van der Waals surface area contributed by atoms with Gasteiger partial charge < -0.3 is 14.4 Å². The van der Waals surface area contributed by atoms with Crippen molar-refractivity contribution in [3.05, 3.63) is 48.0 Å². The van der Waals surface area contributed by atoms with Crippen LogP contribution in [-0.4, -0.2) is 34.1 Å². The maximum Gasteiger partial charge on any atom is 0.241 e. The maximum atomic E-state index is 12.8. The molecule has 0 saturated carbocycles. The molecule has 2 aromatic carbocycles. The van der Waals surface area contributed by atoms with Gasteiger partial charge in [-0.05, 0) is 69.2 Å². The molecule has 1 atom stereocenters. The lowest BCUT2D eigenvalue weighted by atomic mass is 10.1. The Hall–Kier alpha value is -2.58. The molecule has 3 rings (SSSR count). The van der Waals surface area contributed by atoms with Crippen LogP contribution in [0.1, 0.15) is 45.2 Å². The van der Waals surface area contributed by atoms with Crippen LogP contribution in [0.15, 0.2) is 47.4 Å². The molecule has 1 N–H and O–H groups in total. The van der Waals surface area contributed by atoms with E-state index in [9.17, 15) is 13.2 Å². The summed E-state index contributed by atoms with van der Waals surface area (Å²) < 4.78 is 39.6. The average molecular weight is 433 g/mol. The number of carbonyl (C=O) groups excluding carboxylic acids is 1. The largest absolute Gasteiger partial charge is 0.490 e. The van der Waals surface area contributed by atoms with Crippen molar-refractivity contribution in [1.82, 2.24) is 4.72 Å². The van der Waals surface area contributed by atoms with Crippen molar-refractivity contribution < 1.29 is 22.7 Å². The van der Waals surface area contributed by atoms with Gasteiger partial charge in [0.15, 0.2) is 11.5 Å². The number of rotatable bonds is 9. The fourth-order valence-corrected chi connectivity index (χ4v) is 4.66. The third-order valence-electron chi connectivity index (χ3n) is 4.93. The van der Waals surface area contributed by atoms with Gasteiger partial charge in [-0.25, -0.2) is 13.1 Å². The number of ether oxygens (including phenoxy) is 2. The first kappa shape index (κ1) is 22.1. The summed E-state index contributed by atoms with van der Waals surface area (Å²) in [7, 11) is -3.73. The quantitative estimate of drug-likeness (QED) is 0.654. The number of carbonyl (C=O) groups is 1. The van der Waals surface area contributed by atoms with E-state index in [1.807, 2.05) is 19.9 Å². The van der Waals surface area contributed by atoms with Crippen molar-refractivity contribution in [3.8, 4) is 11.5 Å². The summed E-state index contributed by atoms with van der Waals surface area (Å²) in [5, 5.41) is 0. The highest BCUT2D eigenvalue weighted by Crippen LogP contribution is 2.31.